The van der Waals surface area contributed by atoms with E-state index in [9.17, 15) is 4.39 Å². The third-order valence-electron chi connectivity index (χ3n) is 4.71. The molecule has 2 aliphatic rings. The second-order valence-corrected chi connectivity index (χ2v) is 6.59. The van der Waals surface area contributed by atoms with Crippen LogP contribution >= 0.6 is 0 Å². The number of ether oxygens (including phenoxy) is 1. The summed E-state index contributed by atoms with van der Waals surface area (Å²) in [5, 5.41) is 3.83. The number of anilines is 1. The number of morpholine rings is 1. The van der Waals surface area contributed by atoms with E-state index in [0.29, 0.717) is 48.2 Å². The summed E-state index contributed by atoms with van der Waals surface area (Å²) in [6.45, 7) is 8.87. The number of aryl methyl sites for hydroxylation is 3. The Labute approximate surface area is 145 Å². The van der Waals surface area contributed by atoms with Crippen LogP contribution in [0.25, 0.3) is 0 Å². The third kappa shape index (κ3) is 3.09. The van der Waals surface area contributed by atoms with Crippen molar-refractivity contribution in [1.29, 1.82) is 0 Å². The molecule has 8 nitrogen and oxygen atoms in total. The summed E-state index contributed by atoms with van der Waals surface area (Å²) in [6.07, 6.45) is -0.204. The Bertz CT molecular complexity index is 776. The van der Waals surface area contributed by atoms with Crippen LogP contribution in [0, 0.1) is 26.6 Å². The quantitative estimate of drug-likeness (QED) is 0.818. The first-order valence-electron chi connectivity index (χ1n) is 8.43. The van der Waals surface area contributed by atoms with Gasteiger partial charge in [0.25, 0.3) is 5.89 Å². The molecule has 2 aromatic rings. The summed E-state index contributed by atoms with van der Waals surface area (Å²) in [5.41, 5.74) is 0.393. The van der Waals surface area contributed by atoms with Gasteiger partial charge in [-0.2, -0.15) is 4.98 Å². The van der Waals surface area contributed by atoms with E-state index in [-0.39, 0.29) is 11.9 Å². The standard InChI is InChI=1S/C16H21FN6O2/c1-9-14(17)15(19-10(2)18-9)23-6-12(7-23)22-4-5-24-13(8-22)16-20-11(3)21-25-16/h12-13H,4-8H2,1-3H3. The van der Waals surface area contributed by atoms with Crippen molar-refractivity contribution >= 4 is 5.82 Å². The highest BCUT2D eigenvalue weighted by Gasteiger charge is 2.38. The molecule has 0 N–H and O–H groups in total. The summed E-state index contributed by atoms with van der Waals surface area (Å²) in [6, 6.07) is 0.338. The lowest BCUT2D eigenvalue weighted by Crippen LogP contribution is -2.62. The Morgan fingerprint density at radius 3 is 2.56 bits per heavy atom. The third-order valence-corrected chi connectivity index (χ3v) is 4.71. The Morgan fingerprint density at radius 1 is 1.04 bits per heavy atom. The summed E-state index contributed by atoms with van der Waals surface area (Å²) in [4.78, 5) is 16.9. The zero-order valence-corrected chi connectivity index (χ0v) is 14.6. The molecule has 0 amide bonds. The SMILES string of the molecule is Cc1noc(C2CN(C3CN(c4nc(C)nc(C)c4F)C3)CCO2)n1. The van der Waals surface area contributed by atoms with Crippen molar-refractivity contribution in [3.8, 4) is 0 Å². The molecule has 2 aromatic heterocycles. The summed E-state index contributed by atoms with van der Waals surface area (Å²) in [7, 11) is 0. The van der Waals surface area contributed by atoms with Crippen LogP contribution in [0.5, 0.6) is 0 Å². The fraction of sp³-hybridized carbons (Fsp3) is 0.625. The Kier molecular flexibility index (Phi) is 4.12. The number of hydrogen-bond donors (Lipinski definition) is 0. The van der Waals surface area contributed by atoms with Gasteiger partial charge in [0.05, 0.1) is 12.3 Å². The van der Waals surface area contributed by atoms with E-state index in [0.717, 1.165) is 19.6 Å². The van der Waals surface area contributed by atoms with Crippen LogP contribution in [0.1, 0.15) is 29.3 Å². The minimum atomic E-state index is -0.328. The van der Waals surface area contributed by atoms with Crippen LogP contribution in [0.2, 0.25) is 0 Å². The fourth-order valence-electron chi connectivity index (χ4n) is 3.34. The van der Waals surface area contributed by atoms with Gasteiger partial charge in [0, 0.05) is 32.2 Å². The second-order valence-electron chi connectivity index (χ2n) is 6.59. The van der Waals surface area contributed by atoms with Crippen molar-refractivity contribution in [2.24, 2.45) is 0 Å². The van der Waals surface area contributed by atoms with Gasteiger partial charge in [0.1, 0.15) is 11.9 Å². The highest BCUT2D eigenvalue weighted by atomic mass is 19.1. The van der Waals surface area contributed by atoms with Crippen molar-refractivity contribution in [2.45, 2.75) is 32.9 Å². The monoisotopic (exact) mass is 348 g/mol. The minimum Gasteiger partial charge on any atom is -0.366 e. The van der Waals surface area contributed by atoms with Crippen molar-refractivity contribution in [1.82, 2.24) is 25.0 Å². The highest BCUT2D eigenvalue weighted by Crippen LogP contribution is 2.29. The molecule has 2 aliphatic heterocycles. The van der Waals surface area contributed by atoms with Gasteiger partial charge in [-0.15, -0.1) is 0 Å². The molecule has 4 heterocycles. The van der Waals surface area contributed by atoms with E-state index in [1.165, 1.54) is 0 Å². The Balaban J connectivity index is 1.40. The Morgan fingerprint density at radius 2 is 1.84 bits per heavy atom. The summed E-state index contributed by atoms with van der Waals surface area (Å²) < 4.78 is 25.3. The van der Waals surface area contributed by atoms with Crippen LogP contribution in [0.15, 0.2) is 4.52 Å². The second kappa shape index (κ2) is 6.30. The molecule has 1 atom stereocenters. The number of hydrogen-bond acceptors (Lipinski definition) is 8. The smallest absolute Gasteiger partial charge is 0.257 e. The molecule has 9 heteroatoms. The molecule has 134 valence electrons. The van der Waals surface area contributed by atoms with Crippen LogP contribution in [-0.2, 0) is 4.74 Å². The van der Waals surface area contributed by atoms with Crippen LogP contribution < -0.4 is 4.90 Å². The van der Waals surface area contributed by atoms with Crippen LogP contribution in [0.3, 0.4) is 0 Å². The number of halogens is 1. The average molecular weight is 348 g/mol. The summed E-state index contributed by atoms with van der Waals surface area (Å²) in [5.74, 6) is 1.79. The van der Waals surface area contributed by atoms with Gasteiger partial charge >= 0.3 is 0 Å². The van der Waals surface area contributed by atoms with Gasteiger partial charge in [-0.05, 0) is 20.8 Å². The maximum atomic E-state index is 14.3. The van der Waals surface area contributed by atoms with E-state index in [1.807, 2.05) is 4.90 Å². The van der Waals surface area contributed by atoms with Crippen molar-refractivity contribution in [3.05, 3.63) is 29.1 Å². The molecule has 1 unspecified atom stereocenters. The highest BCUT2D eigenvalue weighted by molar-refractivity contribution is 5.45. The first kappa shape index (κ1) is 16.3. The molecule has 2 saturated heterocycles. The largest absolute Gasteiger partial charge is 0.366 e. The molecular weight excluding hydrogens is 327 g/mol. The van der Waals surface area contributed by atoms with Gasteiger partial charge < -0.3 is 14.2 Å². The fourth-order valence-corrected chi connectivity index (χ4v) is 3.34. The first-order valence-corrected chi connectivity index (χ1v) is 8.43. The normalized spacial score (nSPS) is 22.2. The zero-order chi connectivity index (χ0) is 17.6. The number of nitrogens with zero attached hydrogens (tertiary/aromatic N) is 6. The molecule has 0 spiro atoms. The molecule has 0 aliphatic carbocycles. The van der Waals surface area contributed by atoms with Crippen molar-refractivity contribution < 1.29 is 13.7 Å². The average Bonchev–Trinajstić information content (AvgIpc) is 2.97. The first-order chi connectivity index (χ1) is 12.0. The van der Waals surface area contributed by atoms with E-state index in [2.05, 4.69) is 25.0 Å². The van der Waals surface area contributed by atoms with Gasteiger partial charge in [-0.1, -0.05) is 5.16 Å². The molecule has 0 bridgehead atoms. The predicted molar refractivity (Wildman–Crippen MR) is 86.8 cm³/mol. The van der Waals surface area contributed by atoms with E-state index in [4.69, 9.17) is 9.26 Å². The lowest BCUT2D eigenvalue weighted by atomic mass is 10.1. The van der Waals surface area contributed by atoms with E-state index < -0.39 is 0 Å². The molecule has 0 radical (unpaired) electrons. The van der Waals surface area contributed by atoms with Gasteiger partial charge in [0.2, 0.25) is 0 Å². The predicted octanol–water partition coefficient (Wildman–Crippen LogP) is 1.19. The van der Waals surface area contributed by atoms with E-state index in [1.54, 1.807) is 20.8 Å². The molecular formula is C16H21FN6O2. The molecule has 2 fully saturated rings. The van der Waals surface area contributed by atoms with E-state index >= 15 is 0 Å². The molecule has 0 aromatic carbocycles. The van der Waals surface area contributed by atoms with Gasteiger partial charge in [-0.3, -0.25) is 4.90 Å². The Hall–Kier alpha value is -2.13. The summed E-state index contributed by atoms with van der Waals surface area (Å²) >= 11 is 0. The van der Waals surface area contributed by atoms with Crippen LogP contribution in [0.4, 0.5) is 10.2 Å². The zero-order valence-electron chi connectivity index (χ0n) is 14.6. The topological polar surface area (TPSA) is 80.4 Å². The number of aromatic nitrogens is 4. The molecule has 0 saturated carbocycles. The number of rotatable bonds is 3. The maximum absolute atomic E-state index is 14.3. The lowest BCUT2D eigenvalue weighted by Gasteiger charge is -2.48. The van der Waals surface area contributed by atoms with Gasteiger partial charge in [-0.25, -0.2) is 14.4 Å². The van der Waals surface area contributed by atoms with Gasteiger partial charge in [0.15, 0.2) is 17.5 Å². The van der Waals surface area contributed by atoms with Crippen molar-refractivity contribution in [3.63, 3.8) is 0 Å². The molecule has 4 rings (SSSR count). The maximum Gasteiger partial charge on any atom is 0.257 e. The minimum absolute atomic E-state index is 0.204. The molecule has 25 heavy (non-hydrogen) atoms. The lowest BCUT2D eigenvalue weighted by molar-refractivity contribution is -0.0616. The van der Waals surface area contributed by atoms with Crippen LogP contribution in [-0.4, -0.2) is 63.8 Å². The van der Waals surface area contributed by atoms with Crippen molar-refractivity contribution in [2.75, 3.05) is 37.7 Å².